The molecule has 0 atom stereocenters. The number of carbonyl (C=O) groups is 1. The van der Waals surface area contributed by atoms with Gasteiger partial charge in [0.1, 0.15) is 16.3 Å². The molecule has 0 aliphatic rings. The Labute approximate surface area is 160 Å². The lowest BCUT2D eigenvalue weighted by atomic mass is 10.2. The maximum atomic E-state index is 12.7. The van der Waals surface area contributed by atoms with Gasteiger partial charge in [0.25, 0.3) is 5.91 Å². The second-order valence-electron chi connectivity index (χ2n) is 5.94. The van der Waals surface area contributed by atoms with E-state index in [9.17, 15) is 4.79 Å². The molecule has 27 heavy (non-hydrogen) atoms. The molecule has 0 radical (unpaired) electrons. The number of thiophene rings is 1. The predicted molar refractivity (Wildman–Crippen MR) is 109 cm³/mol. The SMILES string of the molecule is CCOc1ccccc1NC(=O)c1cc2cc3ccc(OC)cc3nc2s1. The van der Waals surface area contributed by atoms with E-state index >= 15 is 0 Å². The first-order valence-electron chi connectivity index (χ1n) is 8.59. The molecule has 1 amide bonds. The minimum absolute atomic E-state index is 0.174. The number of nitrogens with one attached hydrogen (secondary N) is 1. The van der Waals surface area contributed by atoms with Gasteiger partial charge in [-0.25, -0.2) is 4.98 Å². The van der Waals surface area contributed by atoms with Gasteiger partial charge in [-0.2, -0.15) is 0 Å². The Morgan fingerprint density at radius 3 is 2.78 bits per heavy atom. The van der Waals surface area contributed by atoms with Gasteiger partial charge in [-0.15, -0.1) is 11.3 Å². The van der Waals surface area contributed by atoms with Crippen molar-refractivity contribution in [3.8, 4) is 11.5 Å². The zero-order chi connectivity index (χ0) is 18.8. The Morgan fingerprint density at radius 1 is 1.11 bits per heavy atom. The lowest BCUT2D eigenvalue weighted by Crippen LogP contribution is -2.11. The highest BCUT2D eigenvalue weighted by Gasteiger charge is 2.14. The lowest BCUT2D eigenvalue weighted by Gasteiger charge is -2.10. The van der Waals surface area contributed by atoms with Crippen molar-refractivity contribution >= 4 is 44.1 Å². The maximum Gasteiger partial charge on any atom is 0.265 e. The van der Waals surface area contributed by atoms with Crippen LogP contribution in [0.3, 0.4) is 0 Å². The molecule has 2 heterocycles. The number of nitrogens with zero attached hydrogens (tertiary/aromatic N) is 1. The van der Waals surface area contributed by atoms with Gasteiger partial charge >= 0.3 is 0 Å². The molecule has 0 unspecified atom stereocenters. The van der Waals surface area contributed by atoms with E-state index in [1.54, 1.807) is 7.11 Å². The molecular weight excluding hydrogens is 360 g/mol. The summed E-state index contributed by atoms with van der Waals surface area (Å²) in [5.74, 6) is 1.24. The predicted octanol–water partition coefficient (Wildman–Crippen LogP) is 5.11. The molecule has 1 N–H and O–H groups in total. The van der Waals surface area contributed by atoms with Gasteiger partial charge in [-0.1, -0.05) is 12.1 Å². The molecule has 0 aliphatic carbocycles. The summed E-state index contributed by atoms with van der Waals surface area (Å²) < 4.78 is 10.8. The van der Waals surface area contributed by atoms with Crippen molar-refractivity contribution in [3.05, 3.63) is 59.5 Å². The quantitative estimate of drug-likeness (QED) is 0.524. The molecule has 0 spiro atoms. The number of benzene rings is 2. The van der Waals surface area contributed by atoms with Gasteiger partial charge in [0.2, 0.25) is 0 Å². The van der Waals surface area contributed by atoms with Crippen molar-refractivity contribution < 1.29 is 14.3 Å². The summed E-state index contributed by atoms with van der Waals surface area (Å²) in [6, 6.07) is 17.1. The number of carbonyl (C=O) groups excluding carboxylic acids is 1. The minimum Gasteiger partial charge on any atom is -0.497 e. The van der Waals surface area contributed by atoms with Gasteiger partial charge in [-0.3, -0.25) is 4.79 Å². The van der Waals surface area contributed by atoms with Crippen LogP contribution >= 0.6 is 11.3 Å². The first kappa shape index (κ1) is 17.3. The summed E-state index contributed by atoms with van der Waals surface area (Å²) >= 11 is 1.37. The summed E-state index contributed by atoms with van der Waals surface area (Å²) in [7, 11) is 1.63. The van der Waals surface area contributed by atoms with Crippen LogP contribution in [0.1, 0.15) is 16.6 Å². The summed E-state index contributed by atoms with van der Waals surface area (Å²) in [6.45, 7) is 2.45. The molecule has 0 fully saturated rings. The van der Waals surface area contributed by atoms with Gasteiger partial charge in [0.05, 0.1) is 29.8 Å². The van der Waals surface area contributed by atoms with Crippen LogP contribution in [0.25, 0.3) is 21.1 Å². The van der Waals surface area contributed by atoms with E-state index in [2.05, 4.69) is 10.3 Å². The molecule has 4 aromatic rings. The highest BCUT2D eigenvalue weighted by Crippen LogP contribution is 2.30. The first-order chi connectivity index (χ1) is 13.2. The summed E-state index contributed by atoms with van der Waals surface area (Å²) in [5, 5.41) is 4.89. The number of pyridine rings is 1. The molecule has 4 rings (SSSR count). The van der Waals surface area contributed by atoms with E-state index in [1.165, 1.54) is 11.3 Å². The third kappa shape index (κ3) is 3.44. The van der Waals surface area contributed by atoms with Crippen molar-refractivity contribution in [3.63, 3.8) is 0 Å². The second kappa shape index (κ2) is 7.25. The fourth-order valence-electron chi connectivity index (χ4n) is 2.88. The smallest absolute Gasteiger partial charge is 0.265 e. The maximum absolute atomic E-state index is 12.7. The van der Waals surface area contributed by atoms with E-state index in [4.69, 9.17) is 9.47 Å². The van der Waals surface area contributed by atoms with Gasteiger partial charge in [0, 0.05) is 16.8 Å². The number of rotatable bonds is 5. The fraction of sp³-hybridized carbons (Fsp3) is 0.143. The van der Waals surface area contributed by atoms with Gasteiger partial charge in [0.15, 0.2) is 0 Å². The third-order valence-corrected chi connectivity index (χ3v) is 5.21. The molecule has 0 aliphatic heterocycles. The topological polar surface area (TPSA) is 60.5 Å². The Balaban J connectivity index is 1.67. The molecular formula is C21H18N2O3S. The van der Waals surface area contributed by atoms with E-state index in [1.807, 2.05) is 61.5 Å². The largest absolute Gasteiger partial charge is 0.497 e. The Hall–Kier alpha value is -3.12. The van der Waals surface area contributed by atoms with Gasteiger partial charge in [-0.05, 0) is 43.3 Å². The average molecular weight is 378 g/mol. The van der Waals surface area contributed by atoms with Crippen LogP contribution in [0.2, 0.25) is 0 Å². The van der Waals surface area contributed by atoms with Crippen LogP contribution in [-0.2, 0) is 0 Å². The summed E-state index contributed by atoms with van der Waals surface area (Å²) in [5.41, 5.74) is 1.50. The summed E-state index contributed by atoms with van der Waals surface area (Å²) in [4.78, 5) is 18.8. The summed E-state index contributed by atoms with van der Waals surface area (Å²) in [6.07, 6.45) is 0. The number of amides is 1. The van der Waals surface area contributed by atoms with Crippen LogP contribution < -0.4 is 14.8 Å². The van der Waals surface area contributed by atoms with E-state index in [0.717, 1.165) is 26.9 Å². The minimum atomic E-state index is -0.174. The first-order valence-corrected chi connectivity index (χ1v) is 9.41. The zero-order valence-electron chi connectivity index (χ0n) is 15.0. The zero-order valence-corrected chi connectivity index (χ0v) is 15.8. The molecule has 0 saturated carbocycles. The van der Waals surface area contributed by atoms with Crippen molar-refractivity contribution in [1.29, 1.82) is 0 Å². The van der Waals surface area contributed by atoms with Crippen LogP contribution in [0, 0.1) is 0 Å². The van der Waals surface area contributed by atoms with E-state index < -0.39 is 0 Å². The number of para-hydroxylation sites is 2. The van der Waals surface area contributed by atoms with Crippen molar-refractivity contribution in [2.45, 2.75) is 6.92 Å². The standard InChI is InChI=1S/C21H18N2O3S/c1-3-26-18-7-5-4-6-16(18)22-20(24)19-11-14-10-13-8-9-15(25-2)12-17(13)23-21(14)27-19/h4-12H,3H2,1-2H3,(H,22,24). The Bertz CT molecular complexity index is 1140. The van der Waals surface area contributed by atoms with Crippen LogP contribution in [0.5, 0.6) is 11.5 Å². The number of anilines is 1. The van der Waals surface area contributed by atoms with E-state index in [-0.39, 0.29) is 5.91 Å². The average Bonchev–Trinajstić information content (AvgIpc) is 3.10. The number of fused-ring (bicyclic) bond motifs is 2. The number of aromatic nitrogens is 1. The lowest BCUT2D eigenvalue weighted by molar-refractivity contribution is 0.103. The number of hydrogen-bond acceptors (Lipinski definition) is 5. The van der Waals surface area contributed by atoms with Crippen LogP contribution in [0.15, 0.2) is 54.6 Å². The number of hydrogen-bond donors (Lipinski definition) is 1. The molecule has 5 nitrogen and oxygen atoms in total. The fourth-order valence-corrected chi connectivity index (χ4v) is 3.80. The molecule has 2 aromatic heterocycles. The van der Waals surface area contributed by atoms with Crippen molar-refractivity contribution in [2.75, 3.05) is 19.0 Å². The van der Waals surface area contributed by atoms with E-state index in [0.29, 0.717) is 22.9 Å². The molecule has 6 heteroatoms. The van der Waals surface area contributed by atoms with Gasteiger partial charge < -0.3 is 14.8 Å². The normalized spacial score (nSPS) is 10.9. The monoisotopic (exact) mass is 378 g/mol. The van der Waals surface area contributed by atoms with Crippen molar-refractivity contribution in [1.82, 2.24) is 4.98 Å². The highest BCUT2D eigenvalue weighted by atomic mass is 32.1. The molecule has 136 valence electrons. The molecule has 2 aromatic carbocycles. The van der Waals surface area contributed by atoms with Crippen LogP contribution in [0.4, 0.5) is 5.69 Å². The Morgan fingerprint density at radius 2 is 1.96 bits per heavy atom. The number of methoxy groups -OCH3 is 1. The molecule has 0 bridgehead atoms. The Kier molecular flexibility index (Phi) is 4.64. The highest BCUT2D eigenvalue weighted by molar-refractivity contribution is 7.20. The van der Waals surface area contributed by atoms with Crippen molar-refractivity contribution in [2.24, 2.45) is 0 Å². The second-order valence-corrected chi connectivity index (χ2v) is 6.97. The number of ether oxygens (including phenoxy) is 2. The third-order valence-electron chi connectivity index (χ3n) is 4.17. The van der Waals surface area contributed by atoms with Crippen LogP contribution in [-0.4, -0.2) is 24.6 Å². The molecule has 0 saturated heterocycles.